The summed E-state index contributed by atoms with van der Waals surface area (Å²) in [5.74, 6) is 0.232. The molecule has 4 rings (SSSR count). The molecule has 0 aliphatic heterocycles. The van der Waals surface area contributed by atoms with E-state index in [2.05, 4.69) is 42.5 Å². The zero-order chi connectivity index (χ0) is 13.5. The number of benzene rings is 3. The molecule has 0 bridgehead atoms. The topological polar surface area (TPSA) is 17.1 Å². The molecule has 1 nitrogen and oxygen atoms in total. The van der Waals surface area contributed by atoms with Gasteiger partial charge in [0.2, 0.25) is 0 Å². The minimum absolute atomic E-state index is 0.232. The van der Waals surface area contributed by atoms with Gasteiger partial charge in [-0.1, -0.05) is 54.6 Å². The molecule has 0 amide bonds. The van der Waals surface area contributed by atoms with E-state index >= 15 is 0 Å². The van der Waals surface area contributed by atoms with Gasteiger partial charge in [0.25, 0.3) is 0 Å². The summed E-state index contributed by atoms with van der Waals surface area (Å²) in [5.41, 5.74) is 4.48. The minimum Gasteiger partial charge on any atom is -0.294 e. The second kappa shape index (κ2) is 4.31. The van der Waals surface area contributed by atoms with Crippen molar-refractivity contribution < 1.29 is 4.79 Å². The fourth-order valence-corrected chi connectivity index (χ4v) is 3.07. The molecule has 0 aromatic heterocycles. The Balaban J connectivity index is 1.97. The fourth-order valence-electron chi connectivity index (χ4n) is 3.07. The van der Waals surface area contributed by atoms with E-state index in [0.717, 1.165) is 28.5 Å². The molecule has 1 heteroatoms. The van der Waals surface area contributed by atoms with Crippen LogP contribution < -0.4 is 0 Å². The van der Waals surface area contributed by atoms with Crippen LogP contribution in [0, 0.1) is 0 Å². The predicted octanol–water partition coefficient (Wildman–Crippen LogP) is 4.17. The fraction of sp³-hybridized carbons (Fsp3) is 0.105. The first-order valence-corrected chi connectivity index (χ1v) is 6.93. The van der Waals surface area contributed by atoms with E-state index in [-0.39, 0.29) is 5.78 Å². The monoisotopic (exact) mass is 258 g/mol. The van der Waals surface area contributed by atoms with E-state index in [1.54, 1.807) is 0 Å². The minimum atomic E-state index is 0.232. The molecule has 1 aliphatic carbocycles. The predicted molar refractivity (Wildman–Crippen MR) is 81.2 cm³/mol. The Hall–Kier alpha value is -2.41. The molecule has 3 aromatic rings. The summed E-state index contributed by atoms with van der Waals surface area (Å²) in [6, 6.07) is 20.7. The lowest BCUT2D eigenvalue weighted by molar-refractivity contribution is 0.0993. The zero-order valence-corrected chi connectivity index (χ0v) is 11.1. The number of hydrogen-bond donors (Lipinski definition) is 0. The van der Waals surface area contributed by atoms with Gasteiger partial charge in [0, 0.05) is 12.0 Å². The molecule has 3 aromatic carbocycles. The van der Waals surface area contributed by atoms with E-state index < -0.39 is 0 Å². The van der Waals surface area contributed by atoms with Crippen LogP contribution in [-0.4, -0.2) is 5.78 Å². The van der Waals surface area contributed by atoms with Gasteiger partial charge in [0.05, 0.1) is 0 Å². The lowest BCUT2D eigenvalue weighted by Gasteiger charge is -2.07. The Morgan fingerprint density at radius 1 is 0.650 bits per heavy atom. The molecular weight excluding hydrogens is 244 g/mol. The van der Waals surface area contributed by atoms with Crippen LogP contribution in [0.2, 0.25) is 0 Å². The number of rotatable bonds is 0. The lowest BCUT2D eigenvalue weighted by atomic mass is 9.96. The van der Waals surface area contributed by atoms with Gasteiger partial charge in [0.15, 0.2) is 5.78 Å². The second-order valence-corrected chi connectivity index (χ2v) is 5.40. The van der Waals surface area contributed by atoms with Crippen LogP contribution in [0.4, 0.5) is 0 Å². The first-order valence-electron chi connectivity index (χ1n) is 6.93. The molecular formula is C19H14O. The van der Waals surface area contributed by atoms with Crippen LogP contribution in [0.1, 0.15) is 27.0 Å². The van der Waals surface area contributed by atoms with Crippen molar-refractivity contribution in [1.82, 2.24) is 0 Å². The number of fused-ring (bicyclic) bond motifs is 3. The van der Waals surface area contributed by atoms with Crippen molar-refractivity contribution in [3.63, 3.8) is 0 Å². The van der Waals surface area contributed by atoms with Gasteiger partial charge in [-0.05, 0) is 39.9 Å². The van der Waals surface area contributed by atoms with Gasteiger partial charge in [-0.15, -0.1) is 0 Å². The maximum Gasteiger partial charge on any atom is 0.167 e. The summed E-state index contributed by atoms with van der Waals surface area (Å²) >= 11 is 0. The SMILES string of the molecule is O=C1Cc2ccccc2Cc2cc3ccccc3cc21. The van der Waals surface area contributed by atoms with Gasteiger partial charge in [0.1, 0.15) is 0 Å². The third kappa shape index (κ3) is 1.75. The highest BCUT2D eigenvalue weighted by atomic mass is 16.1. The number of carbonyl (C=O) groups excluding carboxylic acids is 1. The summed E-state index contributed by atoms with van der Waals surface area (Å²) in [7, 11) is 0. The van der Waals surface area contributed by atoms with Crippen molar-refractivity contribution in [2.75, 3.05) is 0 Å². The van der Waals surface area contributed by atoms with Crippen LogP contribution in [0.3, 0.4) is 0 Å². The molecule has 0 spiro atoms. The Kier molecular flexibility index (Phi) is 2.46. The van der Waals surface area contributed by atoms with Crippen molar-refractivity contribution in [3.8, 4) is 0 Å². The van der Waals surface area contributed by atoms with Crippen LogP contribution in [0.5, 0.6) is 0 Å². The van der Waals surface area contributed by atoms with Gasteiger partial charge >= 0.3 is 0 Å². The first-order chi connectivity index (χ1) is 9.81. The van der Waals surface area contributed by atoms with Gasteiger partial charge in [-0.25, -0.2) is 0 Å². The van der Waals surface area contributed by atoms with E-state index in [1.165, 1.54) is 10.9 Å². The Morgan fingerprint density at radius 2 is 1.25 bits per heavy atom. The molecule has 20 heavy (non-hydrogen) atoms. The molecule has 0 saturated carbocycles. The van der Waals surface area contributed by atoms with Crippen molar-refractivity contribution in [2.24, 2.45) is 0 Å². The van der Waals surface area contributed by atoms with E-state index in [9.17, 15) is 4.79 Å². The number of hydrogen-bond acceptors (Lipinski definition) is 1. The quantitative estimate of drug-likeness (QED) is 0.591. The van der Waals surface area contributed by atoms with Crippen molar-refractivity contribution >= 4 is 16.6 Å². The smallest absolute Gasteiger partial charge is 0.167 e. The molecule has 0 fully saturated rings. The van der Waals surface area contributed by atoms with E-state index in [0.29, 0.717) is 6.42 Å². The maximum absolute atomic E-state index is 12.5. The Bertz CT molecular complexity index is 830. The Labute approximate surface area is 117 Å². The van der Waals surface area contributed by atoms with Gasteiger partial charge in [-0.2, -0.15) is 0 Å². The number of Topliss-reactive ketones (excluding diaryl/α,β-unsaturated/α-hetero) is 1. The summed E-state index contributed by atoms with van der Waals surface area (Å²) in [5, 5.41) is 2.35. The lowest BCUT2D eigenvalue weighted by Crippen LogP contribution is -2.03. The van der Waals surface area contributed by atoms with Crippen LogP contribution in [0.15, 0.2) is 60.7 Å². The number of ketones is 1. The maximum atomic E-state index is 12.5. The average Bonchev–Trinajstić information content (AvgIpc) is 2.61. The molecule has 0 N–H and O–H groups in total. The summed E-state index contributed by atoms with van der Waals surface area (Å²) in [6.45, 7) is 0. The molecule has 0 heterocycles. The molecule has 0 unspecified atom stereocenters. The second-order valence-electron chi connectivity index (χ2n) is 5.40. The van der Waals surface area contributed by atoms with Crippen LogP contribution >= 0.6 is 0 Å². The first kappa shape index (κ1) is 11.4. The molecule has 1 aliphatic rings. The largest absolute Gasteiger partial charge is 0.294 e. The van der Waals surface area contributed by atoms with Crippen LogP contribution in [0.25, 0.3) is 10.8 Å². The highest BCUT2D eigenvalue weighted by Crippen LogP contribution is 2.28. The van der Waals surface area contributed by atoms with E-state index in [4.69, 9.17) is 0 Å². The highest BCUT2D eigenvalue weighted by molar-refractivity contribution is 6.03. The average molecular weight is 258 g/mol. The van der Waals surface area contributed by atoms with E-state index in [1.807, 2.05) is 18.2 Å². The summed E-state index contributed by atoms with van der Waals surface area (Å²) in [6.07, 6.45) is 1.36. The van der Waals surface area contributed by atoms with Crippen molar-refractivity contribution in [3.05, 3.63) is 82.9 Å². The normalized spacial score (nSPS) is 13.7. The Morgan fingerprint density at radius 3 is 2.00 bits per heavy atom. The van der Waals surface area contributed by atoms with Crippen molar-refractivity contribution in [2.45, 2.75) is 12.8 Å². The molecule has 0 atom stereocenters. The standard InChI is InChI=1S/C19H14O/c20-19-12-16-8-4-2-6-14(16)10-17-9-13-5-1-3-7-15(13)11-18(17)19/h1-9,11H,10,12H2. The summed E-state index contributed by atoms with van der Waals surface area (Å²) < 4.78 is 0. The number of carbonyl (C=O) groups is 1. The van der Waals surface area contributed by atoms with Crippen LogP contribution in [-0.2, 0) is 12.8 Å². The molecule has 0 radical (unpaired) electrons. The summed E-state index contributed by atoms with van der Waals surface area (Å²) in [4.78, 5) is 12.5. The van der Waals surface area contributed by atoms with Crippen molar-refractivity contribution in [1.29, 1.82) is 0 Å². The third-order valence-electron chi connectivity index (χ3n) is 4.12. The molecule has 96 valence electrons. The zero-order valence-electron chi connectivity index (χ0n) is 11.1. The van der Waals surface area contributed by atoms with Gasteiger partial charge < -0.3 is 0 Å². The van der Waals surface area contributed by atoms with Gasteiger partial charge in [-0.3, -0.25) is 4.79 Å². The molecule has 0 saturated heterocycles. The third-order valence-corrected chi connectivity index (χ3v) is 4.12. The highest BCUT2D eigenvalue weighted by Gasteiger charge is 2.19.